The predicted molar refractivity (Wildman–Crippen MR) is 115 cm³/mol. The molecule has 2 atom stereocenters. The molecule has 1 aliphatic heterocycles. The maximum Gasteiger partial charge on any atom is 0.243 e. The predicted octanol–water partition coefficient (Wildman–Crippen LogP) is 2.29. The highest BCUT2D eigenvalue weighted by atomic mass is 32.2. The van der Waals surface area contributed by atoms with Crippen molar-refractivity contribution in [3.63, 3.8) is 0 Å². The summed E-state index contributed by atoms with van der Waals surface area (Å²) in [6.07, 6.45) is 5.83. The van der Waals surface area contributed by atoms with Crippen molar-refractivity contribution < 1.29 is 18.0 Å². The number of nitrogens with one attached hydrogen (secondary N) is 2. The van der Waals surface area contributed by atoms with Gasteiger partial charge >= 0.3 is 0 Å². The van der Waals surface area contributed by atoms with E-state index in [1.807, 2.05) is 0 Å². The first-order valence-corrected chi connectivity index (χ1v) is 12.4. The van der Waals surface area contributed by atoms with Gasteiger partial charge < -0.3 is 10.6 Å². The SMILES string of the molecule is C[C@@H]1CCCC[C@H]1NC(=O)CCNC(=O)C1CCN(S(=O)(=O)c2ccccc2)CC1. The second-order valence-electron chi connectivity index (χ2n) is 8.47. The molecule has 1 saturated heterocycles. The number of nitrogens with zero attached hydrogens (tertiary/aromatic N) is 1. The molecular formula is C22H33N3O4S. The molecule has 1 aromatic rings. The van der Waals surface area contributed by atoms with E-state index in [-0.39, 0.29) is 35.1 Å². The van der Waals surface area contributed by atoms with Gasteiger partial charge in [0, 0.05) is 38.0 Å². The van der Waals surface area contributed by atoms with Gasteiger partial charge in [-0.05, 0) is 43.7 Å². The number of hydrogen-bond donors (Lipinski definition) is 2. The summed E-state index contributed by atoms with van der Waals surface area (Å²) < 4.78 is 26.8. The third kappa shape index (κ3) is 5.82. The van der Waals surface area contributed by atoms with Gasteiger partial charge in [0.15, 0.2) is 0 Å². The molecule has 0 aromatic heterocycles. The van der Waals surface area contributed by atoms with Crippen LogP contribution in [0.1, 0.15) is 51.9 Å². The zero-order valence-electron chi connectivity index (χ0n) is 17.7. The summed E-state index contributed by atoms with van der Waals surface area (Å²) in [5.41, 5.74) is 0. The Morgan fingerprint density at radius 2 is 1.70 bits per heavy atom. The topological polar surface area (TPSA) is 95.6 Å². The number of piperidine rings is 1. The van der Waals surface area contributed by atoms with E-state index >= 15 is 0 Å². The minimum absolute atomic E-state index is 0.0159. The number of hydrogen-bond acceptors (Lipinski definition) is 4. The Labute approximate surface area is 179 Å². The molecule has 30 heavy (non-hydrogen) atoms. The van der Waals surface area contributed by atoms with Crippen LogP contribution in [0.4, 0.5) is 0 Å². The second kappa shape index (κ2) is 10.4. The molecule has 166 valence electrons. The Bertz CT molecular complexity index is 820. The lowest BCUT2D eigenvalue weighted by atomic mass is 9.86. The van der Waals surface area contributed by atoms with Crippen LogP contribution in [0.2, 0.25) is 0 Å². The fourth-order valence-corrected chi connectivity index (χ4v) is 5.84. The molecule has 2 amide bonds. The third-order valence-corrected chi connectivity index (χ3v) is 8.23. The number of amides is 2. The van der Waals surface area contributed by atoms with Crippen LogP contribution in [0.3, 0.4) is 0 Å². The summed E-state index contributed by atoms with van der Waals surface area (Å²) in [5.74, 6) is 0.187. The average molecular weight is 436 g/mol. The van der Waals surface area contributed by atoms with Gasteiger partial charge in [-0.2, -0.15) is 4.31 Å². The smallest absolute Gasteiger partial charge is 0.243 e. The highest BCUT2D eigenvalue weighted by molar-refractivity contribution is 7.89. The van der Waals surface area contributed by atoms with Crippen molar-refractivity contribution in [1.82, 2.24) is 14.9 Å². The standard InChI is InChI=1S/C22H33N3O4S/c1-17-7-5-6-10-20(17)24-21(26)11-14-23-22(27)18-12-15-25(16-13-18)30(28,29)19-8-3-2-4-9-19/h2-4,8-9,17-18,20H,5-7,10-16H2,1H3,(H,23,27)(H,24,26)/t17-,20-/m1/s1. The molecule has 0 radical (unpaired) electrons. The van der Waals surface area contributed by atoms with Crippen LogP contribution in [-0.2, 0) is 19.6 Å². The van der Waals surface area contributed by atoms with E-state index in [9.17, 15) is 18.0 Å². The molecule has 3 rings (SSSR count). The summed E-state index contributed by atoms with van der Waals surface area (Å²) in [7, 11) is -3.51. The molecule has 0 unspecified atom stereocenters. The van der Waals surface area contributed by atoms with Crippen molar-refractivity contribution in [2.24, 2.45) is 11.8 Å². The molecule has 2 N–H and O–H groups in total. The molecule has 1 heterocycles. The summed E-state index contributed by atoms with van der Waals surface area (Å²) in [5, 5.41) is 5.95. The maximum absolute atomic E-state index is 12.7. The van der Waals surface area contributed by atoms with E-state index in [0.717, 1.165) is 19.3 Å². The number of rotatable bonds is 7. The van der Waals surface area contributed by atoms with Gasteiger partial charge in [-0.1, -0.05) is 38.0 Å². The van der Waals surface area contributed by atoms with Crippen molar-refractivity contribution in [1.29, 1.82) is 0 Å². The number of carbonyl (C=O) groups is 2. The second-order valence-corrected chi connectivity index (χ2v) is 10.4. The van der Waals surface area contributed by atoms with Gasteiger partial charge in [-0.3, -0.25) is 9.59 Å². The van der Waals surface area contributed by atoms with Crippen molar-refractivity contribution in [2.75, 3.05) is 19.6 Å². The summed E-state index contributed by atoms with van der Waals surface area (Å²) in [4.78, 5) is 24.9. The van der Waals surface area contributed by atoms with Crippen LogP contribution in [0.25, 0.3) is 0 Å². The summed E-state index contributed by atoms with van der Waals surface area (Å²) >= 11 is 0. The molecule has 1 aromatic carbocycles. The summed E-state index contributed by atoms with van der Waals surface area (Å²) in [6, 6.07) is 8.63. The van der Waals surface area contributed by atoms with E-state index in [4.69, 9.17) is 0 Å². The number of sulfonamides is 1. The molecule has 1 saturated carbocycles. The minimum Gasteiger partial charge on any atom is -0.355 e. The van der Waals surface area contributed by atoms with Crippen molar-refractivity contribution in [3.8, 4) is 0 Å². The van der Waals surface area contributed by atoms with Gasteiger partial charge in [-0.25, -0.2) is 8.42 Å². The van der Waals surface area contributed by atoms with E-state index in [0.29, 0.717) is 38.4 Å². The Morgan fingerprint density at radius 1 is 1.03 bits per heavy atom. The first-order chi connectivity index (χ1) is 14.4. The largest absolute Gasteiger partial charge is 0.355 e. The fourth-order valence-electron chi connectivity index (χ4n) is 4.35. The summed E-state index contributed by atoms with van der Waals surface area (Å²) in [6.45, 7) is 3.15. The van der Waals surface area contributed by atoms with Crippen molar-refractivity contribution >= 4 is 21.8 Å². The molecule has 2 aliphatic rings. The first kappa shape index (κ1) is 22.7. The van der Waals surface area contributed by atoms with Crippen LogP contribution >= 0.6 is 0 Å². The molecule has 0 bridgehead atoms. The molecule has 8 heteroatoms. The Hall–Kier alpha value is -1.93. The quantitative estimate of drug-likeness (QED) is 0.687. The van der Waals surface area contributed by atoms with Gasteiger partial charge in [0.1, 0.15) is 0 Å². The van der Waals surface area contributed by atoms with Crippen LogP contribution in [0, 0.1) is 11.8 Å². The lowest BCUT2D eigenvalue weighted by Crippen LogP contribution is -2.44. The third-order valence-electron chi connectivity index (χ3n) is 6.31. The normalized spacial score (nSPS) is 23.6. The first-order valence-electron chi connectivity index (χ1n) is 11.0. The average Bonchev–Trinajstić information content (AvgIpc) is 2.76. The highest BCUT2D eigenvalue weighted by Gasteiger charge is 2.32. The van der Waals surface area contributed by atoms with E-state index in [2.05, 4.69) is 17.6 Å². The molecule has 7 nitrogen and oxygen atoms in total. The van der Waals surface area contributed by atoms with Crippen molar-refractivity contribution in [2.45, 2.75) is 62.8 Å². The van der Waals surface area contributed by atoms with E-state index in [1.54, 1.807) is 30.3 Å². The minimum atomic E-state index is -3.51. The highest BCUT2D eigenvalue weighted by Crippen LogP contribution is 2.24. The lowest BCUT2D eigenvalue weighted by Gasteiger charge is -2.30. The Kier molecular flexibility index (Phi) is 7.88. The zero-order valence-corrected chi connectivity index (χ0v) is 18.5. The monoisotopic (exact) mass is 435 g/mol. The molecular weight excluding hydrogens is 402 g/mol. The Morgan fingerprint density at radius 3 is 2.37 bits per heavy atom. The van der Waals surface area contributed by atoms with E-state index < -0.39 is 10.0 Å². The molecule has 2 fully saturated rings. The van der Waals surface area contributed by atoms with Gasteiger partial charge in [-0.15, -0.1) is 0 Å². The van der Waals surface area contributed by atoms with Gasteiger partial charge in [0.25, 0.3) is 0 Å². The van der Waals surface area contributed by atoms with E-state index in [1.165, 1.54) is 10.7 Å². The van der Waals surface area contributed by atoms with Crippen LogP contribution < -0.4 is 10.6 Å². The lowest BCUT2D eigenvalue weighted by molar-refractivity contribution is -0.126. The van der Waals surface area contributed by atoms with Crippen molar-refractivity contribution in [3.05, 3.63) is 30.3 Å². The van der Waals surface area contributed by atoms with Crippen LogP contribution in [-0.4, -0.2) is 50.2 Å². The number of benzene rings is 1. The fraction of sp³-hybridized carbons (Fsp3) is 0.636. The Balaban J connectivity index is 1.39. The zero-order chi connectivity index (χ0) is 21.6. The number of carbonyl (C=O) groups excluding carboxylic acids is 2. The van der Waals surface area contributed by atoms with Crippen LogP contribution in [0.15, 0.2) is 35.2 Å². The van der Waals surface area contributed by atoms with Gasteiger partial charge in [0.2, 0.25) is 21.8 Å². The molecule has 0 spiro atoms. The molecule has 1 aliphatic carbocycles. The maximum atomic E-state index is 12.7. The van der Waals surface area contributed by atoms with Crippen LogP contribution in [0.5, 0.6) is 0 Å². The van der Waals surface area contributed by atoms with Gasteiger partial charge in [0.05, 0.1) is 4.90 Å².